The molecule has 0 saturated carbocycles. The third kappa shape index (κ3) is 1.62. The topological polar surface area (TPSA) is 38.1 Å². The van der Waals surface area contributed by atoms with Crippen LogP contribution >= 0.6 is 0 Å². The number of para-hydroxylation sites is 1. The highest BCUT2D eigenvalue weighted by atomic mass is 16.3. The highest BCUT2D eigenvalue weighted by Gasteiger charge is 2.27. The van der Waals surface area contributed by atoms with Gasteiger partial charge in [0, 0.05) is 12.2 Å². The Morgan fingerprint density at radius 1 is 1.21 bits per heavy atom. The Hall–Kier alpha value is -2.29. The van der Waals surface area contributed by atoms with E-state index in [0.717, 1.165) is 23.5 Å². The summed E-state index contributed by atoms with van der Waals surface area (Å²) in [4.78, 5) is 4.65. The van der Waals surface area contributed by atoms with Gasteiger partial charge in [0.25, 0.3) is 0 Å². The van der Waals surface area contributed by atoms with E-state index in [-0.39, 0.29) is 5.92 Å². The first-order valence-electron chi connectivity index (χ1n) is 6.51. The Labute approximate surface area is 111 Å². The molecule has 2 aromatic carbocycles. The maximum Gasteiger partial charge on any atom is 0.204 e. The fourth-order valence-corrected chi connectivity index (χ4v) is 2.71. The zero-order valence-electron chi connectivity index (χ0n) is 10.7. The number of fused-ring (bicyclic) bond motifs is 2. The molecule has 0 bridgehead atoms. The number of hydrogen-bond acceptors (Lipinski definition) is 3. The zero-order chi connectivity index (χ0) is 12.8. The van der Waals surface area contributed by atoms with Gasteiger partial charge in [0.1, 0.15) is 5.52 Å². The van der Waals surface area contributed by atoms with Gasteiger partial charge in [-0.2, -0.15) is 0 Å². The molecule has 0 fully saturated rings. The first-order chi connectivity index (χ1) is 9.31. The van der Waals surface area contributed by atoms with Gasteiger partial charge in [-0.15, -0.1) is 0 Å². The zero-order valence-corrected chi connectivity index (χ0v) is 10.7. The molecule has 0 saturated heterocycles. The van der Waals surface area contributed by atoms with E-state index in [9.17, 15) is 0 Å². The highest BCUT2D eigenvalue weighted by Crippen LogP contribution is 2.36. The summed E-state index contributed by atoms with van der Waals surface area (Å²) in [5.74, 6) is 1.02. The molecule has 0 spiro atoms. The van der Waals surface area contributed by atoms with Gasteiger partial charge < -0.3 is 9.73 Å². The van der Waals surface area contributed by atoms with Crippen LogP contribution < -0.4 is 5.32 Å². The molecule has 3 nitrogen and oxygen atoms in total. The number of oxazole rings is 1. The van der Waals surface area contributed by atoms with Gasteiger partial charge in [0.15, 0.2) is 5.58 Å². The lowest BCUT2D eigenvalue weighted by Gasteiger charge is -2.04. The lowest BCUT2D eigenvalue weighted by molar-refractivity contribution is 0.512. The summed E-state index contributed by atoms with van der Waals surface area (Å²) in [6, 6.07) is 14.5. The number of aryl methyl sites for hydroxylation is 1. The number of benzene rings is 2. The third-order valence-electron chi connectivity index (χ3n) is 3.69. The molecule has 0 amide bonds. The van der Waals surface area contributed by atoms with Crippen LogP contribution in [0.4, 0.5) is 5.69 Å². The second kappa shape index (κ2) is 3.85. The molecule has 1 aromatic heterocycles. The van der Waals surface area contributed by atoms with E-state index in [4.69, 9.17) is 4.42 Å². The van der Waals surface area contributed by atoms with Crippen LogP contribution in [0.1, 0.15) is 22.9 Å². The lowest BCUT2D eigenvalue weighted by atomic mass is 10.0. The summed E-state index contributed by atoms with van der Waals surface area (Å²) < 4.78 is 5.91. The molecule has 1 unspecified atom stereocenters. The predicted octanol–water partition coefficient (Wildman–Crippen LogP) is 3.69. The van der Waals surface area contributed by atoms with Crippen molar-refractivity contribution in [3.05, 3.63) is 59.5 Å². The third-order valence-corrected chi connectivity index (χ3v) is 3.69. The Bertz CT molecular complexity index is 760. The van der Waals surface area contributed by atoms with Gasteiger partial charge in [0.05, 0.1) is 5.92 Å². The fraction of sp³-hybridized carbons (Fsp3) is 0.188. The van der Waals surface area contributed by atoms with Gasteiger partial charge in [-0.05, 0) is 36.2 Å². The minimum atomic E-state index is 0.212. The maximum atomic E-state index is 5.91. The average molecular weight is 250 g/mol. The molecule has 19 heavy (non-hydrogen) atoms. The van der Waals surface area contributed by atoms with Crippen LogP contribution in [0.2, 0.25) is 0 Å². The monoisotopic (exact) mass is 250 g/mol. The summed E-state index contributed by atoms with van der Waals surface area (Å²) in [6.45, 7) is 2.92. The van der Waals surface area contributed by atoms with Crippen molar-refractivity contribution in [2.45, 2.75) is 12.8 Å². The van der Waals surface area contributed by atoms with E-state index < -0.39 is 0 Å². The van der Waals surface area contributed by atoms with Crippen LogP contribution in [0.25, 0.3) is 11.1 Å². The summed E-state index contributed by atoms with van der Waals surface area (Å²) >= 11 is 0. The van der Waals surface area contributed by atoms with Crippen LogP contribution in [0.15, 0.2) is 46.9 Å². The molecule has 1 aliphatic heterocycles. The van der Waals surface area contributed by atoms with E-state index in [0.29, 0.717) is 0 Å². The van der Waals surface area contributed by atoms with Crippen molar-refractivity contribution in [3.8, 4) is 0 Å². The SMILES string of the molecule is Cc1ccc2oc(C3CNc4ccccc43)nc2c1. The van der Waals surface area contributed by atoms with Gasteiger partial charge in [-0.25, -0.2) is 4.98 Å². The molecule has 2 heterocycles. The van der Waals surface area contributed by atoms with E-state index in [1.807, 2.05) is 12.1 Å². The average Bonchev–Trinajstić information content (AvgIpc) is 3.00. The summed E-state index contributed by atoms with van der Waals surface area (Å²) in [6.07, 6.45) is 0. The van der Waals surface area contributed by atoms with E-state index in [1.54, 1.807) is 0 Å². The molecule has 3 aromatic rings. The minimum Gasteiger partial charge on any atom is -0.440 e. The standard InChI is InChI=1S/C16H14N2O/c1-10-6-7-15-14(8-10)18-16(19-15)12-9-17-13-5-3-2-4-11(12)13/h2-8,12,17H,9H2,1H3. The van der Waals surface area contributed by atoms with Crippen molar-refractivity contribution < 1.29 is 4.42 Å². The van der Waals surface area contributed by atoms with Crippen molar-refractivity contribution in [2.24, 2.45) is 0 Å². The van der Waals surface area contributed by atoms with Crippen LogP contribution in [0.5, 0.6) is 0 Å². The first kappa shape index (κ1) is 10.6. The van der Waals surface area contributed by atoms with Crippen LogP contribution in [0, 0.1) is 6.92 Å². The minimum absolute atomic E-state index is 0.212. The van der Waals surface area contributed by atoms with Gasteiger partial charge in [-0.3, -0.25) is 0 Å². The Morgan fingerprint density at radius 2 is 2.11 bits per heavy atom. The summed E-state index contributed by atoms with van der Waals surface area (Å²) in [7, 11) is 0. The molecule has 1 aliphatic rings. The first-order valence-corrected chi connectivity index (χ1v) is 6.51. The predicted molar refractivity (Wildman–Crippen MR) is 75.5 cm³/mol. The number of nitrogens with one attached hydrogen (secondary N) is 1. The smallest absolute Gasteiger partial charge is 0.204 e. The summed E-state index contributed by atoms with van der Waals surface area (Å²) in [5, 5.41) is 3.40. The number of rotatable bonds is 1. The number of nitrogens with zero attached hydrogens (tertiary/aromatic N) is 1. The van der Waals surface area contributed by atoms with E-state index >= 15 is 0 Å². The van der Waals surface area contributed by atoms with Crippen LogP contribution in [0.3, 0.4) is 0 Å². The fourth-order valence-electron chi connectivity index (χ4n) is 2.71. The van der Waals surface area contributed by atoms with Crippen LogP contribution in [-0.4, -0.2) is 11.5 Å². The summed E-state index contributed by atoms with van der Waals surface area (Å²) in [5.41, 5.74) is 5.47. The second-order valence-electron chi connectivity index (χ2n) is 5.04. The van der Waals surface area contributed by atoms with Crippen molar-refractivity contribution in [2.75, 3.05) is 11.9 Å². The van der Waals surface area contributed by atoms with Crippen molar-refractivity contribution in [1.82, 2.24) is 4.98 Å². The Balaban J connectivity index is 1.83. The molecule has 1 atom stereocenters. The van der Waals surface area contributed by atoms with Crippen molar-refractivity contribution >= 4 is 16.8 Å². The molecule has 0 aliphatic carbocycles. The molecular formula is C16H14N2O. The normalized spacial score (nSPS) is 17.4. The van der Waals surface area contributed by atoms with Gasteiger partial charge in [-0.1, -0.05) is 24.3 Å². The molecule has 0 radical (unpaired) electrons. The highest BCUT2D eigenvalue weighted by molar-refractivity contribution is 5.74. The molecule has 1 N–H and O–H groups in total. The number of anilines is 1. The molecule has 4 rings (SSSR count). The largest absolute Gasteiger partial charge is 0.440 e. The number of hydrogen-bond donors (Lipinski definition) is 1. The number of aromatic nitrogens is 1. The van der Waals surface area contributed by atoms with Crippen LogP contribution in [-0.2, 0) is 0 Å². The molecule has 94 valence electrons. The van der Waals surface area contributed by atoms with Gasteiger partial charge >= 0.3 is 0 Å². The van der Waals surface area contributed by atoms with E-state index in [1.165, 1.54) is 16.8 Å². The van der Waals surface area contributed by atoms with E-state index in [2.05, 4.69) is 47.6 Å². The second-order valence-corrected chi connectivity index (χ2v) is 5.04. The molecular weight excluding hydrogens is 236 g/mol. The quantitative estimate of drug-likeness (QED) is 0.715. The molecule has 3 heteroatoms. The maximum absolute atomic E-state index is 5.91. The van der Waals surface area contributed by atoms with Gasteiger partial charge in [0.2, 0.25) is 5.89 Å². The van der Waals surface area contributed by atoms with Crippen molar-refractivity contribution in [1.29, 1.82) is 0 Å². The van der Waals surface area contributed by atoms with Crippen molar-refractivity contribution in [3.63, 3.8) is 0 Å². The lowest BCUT2D eigenvalue weighted by Crippen LogP contribution is -2.03. The Morgan fingerprint density at radius 3 is 3.05 bits per heavy atom. The Kier molecular flexibility index (Phi) is 2.15.